The van der Waals surface area contributed by atoms with Gasteiger partial charge in [-0.15, -0.1) is 6.58 Å². The molecule has 0 saturated heterocycles. The van der Waals surface area contributed by atoms with Crippen LogP contribution in [0.2, 0.25) is 0 Å². The standard InChI is InChI=1S/3C6H12/c1-4-6(3)5-2;2*1-3-5-6-4-2/h4,6H,1,5H2,2-3H3;2*5-6H,3-4H2,1-2H3/b;6-5+;6-5-. The van der Waals surface area contributed by atoms with Gasteiger partial charge in [0, 0.05) is 0 Å². The van der Waals surface area contributed by atoms with Gasteiger partial charge in [0.05, 0.1) is 0 Å². The van der Waals surface area contributed by atoms with Crippen molar-refractivity contribution in [1.82, 2.24) is 0 Å². The lowest BCUT2D eigenvalue weighted by Gasteiger charge is -1.93. The van der Waals surface area contributed by atoms with Crippen molar-refractivity contribution in [3.8, 4) is 0 Å². The third kappa shape index (κ3) is 36.2. The third-order valence-electron chi connectivity index (χ3n) is 2.32. The Balaban J connectivity index is -0.000000187. The summed E-state index contributed by atoms with van der Waals surface area (Å²) in [7, 11) is 0. The quantitative estimate of drug-likeness (QED) is 0.449. The van der Waals surface area contributed by atoms with Crippen LogP contribution in [-0.4, -0.2) is 0 Å². The van der Waals surface area contributed by atoms with Crippen LogP contribution in [0.4, 0.5) is 0 Å². The molecule has 0 aromatic heterocycles. The molecule has 18 heavy (non-hydrogen) atoms. The summed E-state index contributed by atoms with van der Waals surface area (Å²) in [5.41, 5.74) is 0. The van der Waals surface area contributed by atoms with Crippen LogP contribution in [-0.2, 0) is 0 Å². The van der Waals surface area contributed by atoms with Gasteiger partial charge in [0.25, 0.3) is 0 Å². The fourth-order valence-corrected chi connectivity index (χ4v) is 0.833. The molecule has 0 heteroatoms. The van der Waals surface area contributed by atoms with Crippen LogP contribution < -0.4 is 0 Å². The Bertz CT molecular complexity index is 148. The van der Waals surface area contributed by atoms with Crippen LogP contribution in [0.3, 0.4) is 0 Å². The van der Waals surface area contributed by atoms with Gasteiger partial charge in [0.15, 0.2) is 0 Å². The second-order valence-corrected chi connectivity index (χ2v) is 4.20. The maximum atomic E-state index is 3.63. The van der Waals surface area contributed by atoms with Gasteiger partial charge in [-0.05, 0) is 31.6 Å². The van der Waals surface area contributed by atoms with E-state index in [1.54, 1.807) is 0 Å². The minimum absolute atomic E-state index is 0.699. The highest BCUT2D eigenvalue weighted by Crippen LogP contribution is 1.98. The molecule has 0 spiro atoms. The van der Waals surface area contributed by atoms with Crippen LogP contribution in [0.1, 0.15) is 73.6 Å². The fraction of sp³-hybridized carbons (Fsp3) is 0.667. The van der Waals surface area contributed by atoms with Crippen molar-refractivity contribution in [3.05, 3.63) is 37.0 Å². The van der Waals surface area contributed by atoms with Crippen molar-refractivity contribution in [1.29, 1.82) is 0 Å². The number of hydrogen-bond donors (Lipinski definition) is 0. The van der Waals surface area contributed by atoms with Gasteiger partial charge in [0.1, 0.15) is 0 Å². The highest BCUT2D eigenvalue weighted by atomic mass is 13.9. The van der Waals surface area contributed by atoms with Crippen molar-refractivity contribution >= 4 is 0 Å². The molecule has 0 saturated carbocycles. The lowest BCUT2D eigenvalue weighted by molar-refractivity contribution is 0.700. The lowest BCUT2D eigenvalue weighted by atomic mass is 10.1. The number of hydrogen-bond acceptors (Lipinski definition) is 0. The molecular weight excluding hydrogens is 216 g/mol. The minimum Gasteiger partial charge on any atom is -0.103 e. The summed E-state index contributed by atoms with van der Waals surface area (Å²) in [6, 6.07) is 0. The SMILES string of the molecule is C=CC(C)CC.CC/C=C/CC.CC/C=C\CC. The normalized spacial score (nSPS) is 11.4. The predicted octanol–water partition coefficient (Wildman–Crippen LogP) is 6.94. The van der Waals surface area contributed by atoms with E-state index in [9.17, 15) is 0 Å². The summed E-state index contributed by atoms with van der Waals surface area (Å²) in [6.07, 6.45) is 16.6. The number of rotatable bonds is 6. The molecule has 0 aromatic carbocycles. The summed E-state index contributed by atoms with van der Waals surface area (Å²) < 4.78 is 0. The minimum atomic E-state index is 0.699. The molecule has 0 aliphatic heterocycles. The summed E-state index contributed by atoms with van der Waals surface area (Å²) in [4.78, 5) is 0. The first-order valence-electron chi connectivity index (χ1n) is 7.56. The van der Waals surface area contributed by atoms with Gasteiger partial charge in [-0.1, -0.05) is 78.3 Å². The van der Waals surface area contributed by atoms with Crippen LogP contribution in [0.25, 0.3) is 0 Å². The molecule has 0 heterocycles. The summed E-state index contributed by atoms with van der Waals surface area (Å²) >= 11 is 0. The Morgan fingerprint density at radius 2 is 1.00 bits per heavy atom. The Morgan fingerprint density at radius 1 is 0.722 bits per heavy atom. The molecule has 0 radical (unpaired) electrons. The van der Waals surface area contributed by atoms with E-state index in [0.717, 1.165) is 0 Å². The Hall–Kier alpha value is -0.780. The van der Waals surface area contributed by atoms with Crippen LogP contribution >= 0.6 is 0 Å². The molecule has 0 aromatic rings. The maximum Gasteiger partial charge on any atom is -0.0267 e. The molecule has 0 fully saturated rings. The molecule has 0 aliphatic rings. The van der Waals surface area contributed by atoms with Gasteiger partial charge < -0.3 is 0 Å². The zero-order valence-corrected chi connectivity index (χ0v) is 13.7. The summed E-state index contributed by atoms with van der Waals surface area (Å²) in [6.45, 7) is 16.5. The zero-order valence-electron chi connectivity index (χ0n) is 13.7. The average Bonchev–Trinajstić information content (AvgIpc) is 2.43. The molecule has 0 N–H and O–H groups in total. The van der Waals surface area contributed by atoms with Crippen LogP contribution in [0.5, 0.6) is 0 Å². The van der Waals surface area contributed by atoms with E-state index in [-0.39, 0.29) is 0 Å². The monoisotopic (exact) mass is 252 g/mol. The van der Waals surface area contributed by atoms with Crippen molar-refractivity contribution in [2.75, 3.05) is 0 Å². The Kier molecular flexibility index (Phi) is 31.3. The first-order valence-corrected chi connectivity index (χ1v) is 7.56. The van der Waals surface area contributed by atoms with E-state index in [2.05, 4.69) is 72.4 Å². The molecule has 1 atom stereocenters. The molecule has 108 valence electrons. The Morgan fingerprint density at radius 3 is 1.06 bits per heavy atom. The second-order valence-electron chi connectivity index (χ2n) is 4.20. The van der Waals surface area contributed by atoms with Gasteiger partial charge in [0.2, 0.25) is 0 Å². The first-order chi connectivity index (χ1) is 8.64. The van der Waals surface area contributed by atoms with E-state index < -0.39 is 0 Å². The third-order valence-corrected chi connectivity index (χ3v) is 2.32. The zero-order chi connectivity index (χ0) is 14.6. The van der Waals surface area contributed by atoms with Crippen molar-refractivity contribution < 1.29 is 0 Å². The van der Waals surface area contributed by atoms with Gasteiger partial charge in [-0.25, -0.2) is 0 Å². The van der Waals surface area contributed by atoms with E-state index in [1.165, 1.54) is 32.1 Å². The van der Waals surface area contributed by atoms with Crippen LogP contribution in [0, 0.1) is 5.92 Å². The van der Waals surface area contributed by atoms with Crippen LogP contribution in [0.15, 0.2) is 37.0 Å². The Labute approximate surface area is 117 Å². The van der Waals surface area contributed by atoms with Gasteiger partial charge in [-0.2, -0.15) is 0 Å². The molecular formula is C18H36. The molecule has 1 unspecified atom stereocenters. The predicted molar refractivity (Wildman–Crippen MR) is 89.1 cm³/mol. The largest absolute Gasteiger partial charge is 0.103 e. The van der Waals surface area contributed by atoms with Crippen molar-refractivity contribution in [3.63, 3.8) is 0 Å². The summed E-state index contributed by atoms with van der Waals surface area (Å²) in [5.74, 6) is 0.699. The molecule has 0 bridgehead atoms. The van der Waals surface area contributed by atoms with Gasteiger partial charge >= 0.3 is 0 Å². The maximum absolute atomic E-state index is 3.63. The topological polar surface area (TPSA) is 0 Å². The van der Waals surface area contributed by atoms with E-state index in [4.69, 9.17) is 0 Å². The van der Waals surface area contributed by atoms with Crippen molar-refractivity contribution in [2.45, 2.75) is 73.6 Å². The molecule has 0 aliphatic carbocycles. The first kappa shape index (κ1) is 22.4. The average molecular weight is 252 g/mol. The van der Waals surface area contributed by atoms with E-state index in [1.807, 2.05) is 6.08 Å². The fourth-order valence-electron chi connectivity index (χ4n) is 0.833. The smallest absolute Gasteiger partial charge is 0.0267 e. The van der Waals surface area contributed by atoms with Crippen molar-refractivity contribution in [2.24, 2.45) is 5.92 Å². The second kappa shape index (κ2) is 25.2. The highest BCUT2D eigenvalue weighted by Gasteiger charge is 1.84. The molecule has 0 amide bonds. The molecule has 0 nitrogen and oxygen atoms in total. The lowest BCUT2D eigenvalue weighted by Crippen LogP contribution is -1.80. The number of allylic oxidation sites excluding steroid dienone is 5. The van der Waals surface area contributed by atoms with E-state index >= 15 is 0 Å². The summed E-state index contributed by atoms with van der Waals surface area (Å²) in [5, 5.41) is 0. The highest BCUT2D eigenvalue weighted by molar-refractivity contribution is 4.78. The van der Waals surface area contributed by atoms with E-state index in [0.29, 0.717) is 5.92 Å². The molecule has 0 rings (SSSR count). The van der Waals surface area contributed by atoms with Gasteiger partial charge in [-0.3, -0.25) is 0 Å².